The number of benzene rings is 2. The second kappa shape index (κ2) is 30.1. The molecule has 50 heavy (non-hydrogen) atoms. The van der Waals surface area contributed by atoms with Crippen LogP contribution < -0.4 is 11.1 Å². The summed E-state index contributed by atoms with van der Waals surface area (Å²) in [6.07, 6.45) is 4.07. The van der Waals surface area contributed by atoms with Gasteiger partial charge >= 0.3 is 0 Å². The molecule has 4 aromatic rings. The summed E-state index contributed by atoms with van der Waals surface area (Å²) in [5.41, 5.74) is 2.82. The zero-order valence-corrected chi connectivity index (χ0v) is 38.8. The van der Waals surface area contributed by atoms with Crippen molar-refractivity contribution < 1.29 is 39.4 Å². The number of ether oxygens (including phenoxy) is 4. The van der Waals surface area contributed by atoms with Gasteiger partial charge in [-0.15, -0.1) is 6.42 Å². The Morgan fingerprint density at radius 3 is 1.58 bits per heavy atom. The van der Waals surface area contributed by atoms with E-state index in [-0.39, 0.29) is 31.5 Å². The van der Waals surface area contributed by atoms with Crippen LogP contribution in [-0.2, 0) is 52.5 Å². The molecule has 16 heteroatoms. The van der Waals surface area contributed by atoms with E-state index in [1.807, 2.05) is 70.2 Å². The average molecular weight is 1190 g/mol. The van der Waals surface area contributed by atoms with Gasteiger partial charge in [-0.25, -0.2) is 0 Å². The van der Waals surface area contributed by atoms with Gasteiger partial charge < -0.3 is 18.9 Å². The second-order valence-electron chi connectivity index (χ2n) is 9.08. The van der Waals surface area contributed by atoms with E-state index in [1.165, 1.54) is 38.8 Å². The molecule has 4 rings (SSSR count). The number of rotatable bonds is 12. The molecule has 0 radical (unpaired) electrons. The third-order valence-corrected chi connectivity index (χ3v) is 8.52. The van der Waals surface area contributed by atoms with Crippen LogP contribution in [0, 0.1) is 27.8 Å². The van der Waals surface area contributed by atoms with Crippen molar-refractivity contribution in [3.05, 3.63) is 110 Å². The minimum absolute atomic E-state index is 0. The van der Waals surface area contributed by atoms with Crippen molar-refractivity contribution in [1.82, 2.24) is 7.91 Å². The van der Waals surface area contributed by atoms with Crippen molar-refractivity contribution in [3.8, 4) is 24.2 Å². The standard InChI is InChI=1S/C17H18ClNO3S.C10H7ClINOS.C7H12O2.I2.Pd/c1-3-21-17(22-4-2)9-8-13-6-5-7-14(10-13)12-19-16(20)11-15(18)23-19;11-9-5-10(14)13(15-9)6-7-2-1-3-8(12)4-7;1-4-7(8-5-2)9-6-3;1-2;/h5-7,10-11,17H,3-4,12H2,1-2H3;1-5H,6H2;1,7H,5-6H2,2-3H3;;. The van der Waals surface area contributed by atoms with E-state index in [2.05, 4.69) is 83.7 Å². The Morgan fingerprint density at radius 2 is 1.18 bits per heavy atom. The second-order valence-corrected chi connectivity index (χ2v) is 13.7. The molecule has 0 bridgehead atoms. The van der Waals surface area contributed by atoms with Crippen LogP contribution in [0.2, 0.25) is 8.67 Å². The van der Waals surface area contributed by atoms with E-state index >= 15 is 0 Å². The van der Waals surface area contributed by atoms with Gasteiger partial charge in [-0.1, -0.05) is 53.4 Å². The molecule has 0 aliphatic heterocycles. The number of hydrogen-bond acceptors (Lipinski definition) is 8. The van der Waals surface area contributed by atoms with Crippen molar-refractivity contribution in [3.63, 3.8) is 0 Å². The maximum absolute atomic E-state index is 11.7. The zero-order chi connectivity index (χ0) is 36.6. The summed E-state index contributed by atoms with van der Waals surface area (Å²) in [5.74, 6) is 8.37. The van der Waals surface area contributed by atoms with Gasteiger partial charge in [0.05, 0.1) is 13.1 Å². The Morgan fingerprint density at radius 1 is 0.740 bits per heavy atom. The van der Waals surface area contributed by atoms with Crippen LogP contribution in [0.15, 0.2) is 70.3 Å². The summed E-state index contributed by atoms with van der Waals surface area (Å²) in [6, 6.07) is 18.7. The van der Waals surface area contributed by atoms with Gasteiger partial charge in [0.1, 0.15) is 8.67 Å². The summed E-state index contributed by atoms with van der Waals surface area (Å²) < 4.78 is 26.2. The van der Waals surface area contributed by atoms with Gasteiger partial charge in [0.15, 0.2) is 0 Å². The van der Waals surface area contributed by atoms with E-state index in [0.29, 0.717) is 48.2 Å². The maximum atomic E-state index is 11.7. The topological polar surface area (TPSA) is 80.9 Å². The van der Waals surface area contributed by atoms with Crippen molar-refractivity contribution in [2.75, 3.05) is 26.4 Å². The molecule has 0 aliphatic rings. The number of terminal acetylenes is 1. The molecule has 8 nitrogen and oxygen atoms in total. The van der Waals surface area contributed by atoms with Crippen molar-refractivity contribution in [1.29, 1.82) is 0 Å². The van der Waals surface area contributed by atoms with Gasteiger partial charge in [0.25, 0.3) is 11.1 Å². The molecule has 2 aromatic carbocycles. The fourth-order valence-corrected chi connectivity index (χ4v) is 6.38. The predicted molar refractivity (Wildman–Crippen MR) is 229 cm³/mol. The summed E-state index contributed by atoms with van der Waals surface area (Å²) in [6.45, 7) is 10.9. The smallest absolute Gasteiger partial charge is 0.262 e. The van der Waals surface area contributed by atoms with Crippen LogP contribution in [0.5, 0.6) is 0 Å². The van der Waals surface area contributed by atoms with Crippen LogP contribution in [0.1, 0.15) is 44.4 Å². The Labute approximate surface area is 363 Å². The zero-order valence-electron chi connectivity index (χ0n) is 27.6. The van der Waals surface area contributed by atoms with Gasteiger partial charge in [-0.3, -0.25) is 17.5 Å². The molecule has 0 atom stereocenters. The van der Waals surface area contributed by atoms with E-state index in [0.717, 1.165) is 16.7 Å². The molecule has 0 N–H and O–H groups in total. The van der Waals surface area contributed by atoms with Crippen LogP contribution in [0.25, 0.3) is 0 Å². The average Bonchev–Trinajstić information content (AvgIpc) is 3.58. The Balaban J connectivity index is 0.000000765. The van der Waals surface area contributed by atoms with E-state index in [4.69, 9.17) is 48.6 Å². The minimum Gasteiger partial charge on any atom is -0.342 e. The van der Waals surface area contributed by atoms with Crippen LogP contribution in [0.4, 0.5) is 0 Å². The van der Waals surface area contributed by atoms with Gasteiger partial charge in [0, 0.05) is 105 Å². The molecule has 0 unspecified atom stereocenters. The molecule has 0 aliphatic carbocycles. The molecule has 0 fully saturated rings. The molecular weight excluding hydrogens is 1150 g/mol. The first-order valence-corrected chi connectivity index (χ1v) is 24.4. The Hall–Kier alpha value is -0.308. The molecule has 0 saturated carbocycles. The largest absolute Gasteiger partial charge is 0.342 e. The maximum Gasteiger partial charge on any atom is 0.262 e. The number of halogens is 5. The van der Waals surface area contributed by atoms with Crippen molar-refractivity contribution in [2.45, 2.75) is 53.4 Å². The predicted octanol–water partition coefficient (Wildman–Crippen LogP) is 9.37. The minimum atomic E-state index is -0.521. The third-order valence-electron chi connectivity index (χ3n) is 5.57. The normalized spacial score (nSPS) is 9.88. The van der Waals surface area contributed by atoms with Crippen LogP contribution in [0.3, 0.4) is 0 Å². The summed E-state index contributed by atoms with van der Waals surface area (Å²) in [4.78, 5) is 23.1. The van der Waals surface area contributed by atoms with E-state index in [9.17, 15) is 9.59 Å². The molecule has 276 valence electrons. The van der Waals surface area contributed by atoms with E-state index < -0.39 is 12.6 Å². The SMILES string of the molecule is C#CC(OCC)OCC.CCOC(C#Cc1cccc(Cn2sc(Cl)cc2=O)c1)OCC.II.O=c1cc(Cl)sn1Cc1cccc(I)c1.[Pd]. The quantitative estimate of drug-likeness (QED) is 0.0610. The summed E-state index contributed by atoms with van der Waals surface area (Å²) in [5, 5.41) is 0. The first-order chi connectivity index (χ1) is 23.6. The summed E-state index contributed by atoms with van der Waals surface area (Å²) in [7, 11) is 0. The molecule has 0 spiro atoms. The third kappa shape index (κ3) is 20.8. The monoisotopic (exact) mass is 1190 g/mol. The number of hydrogen-bond donors (Lipinski definition) is 0. The number of aromatic nitrogens is 2. The first kappa shape index (κ1) is 49.7. The van der Waals surface area contributed by atoms with Gasteiger partial charge in [0.2, 0.25) is 12.6 Å². The Kier molecular flexibility index (Phi) is 29.9. The Bertz CT molecular complexity index is 1740. The van der Waals surface area contributed by atoms with Crippen LogP contribution in [-0.4, -0.2) is 46.9 Å². The molecule has 2 aromatic heterocycles. The molecule has 0 amide bonds. The van der Waals surface area contributed by atoms with Gasteiger partial charge in [-0.2, -0.15) is 0 Å². The molecular formula is C34H37Cl2I3N2O6PdS2. The van der Waals surface area contributed by atoms with E-state index in [1.54, 1.807) is 7.91 Å². The molecule has 0 saturated heterocycles. The number of nitrogens with zero attached hydrogens (tertiary/aromatic N) is 2. The fourth-order valence-electron chi connectivity index (χ4n) is 3.65. The molecule has 2 heterocycles. The van der Waals surface area contributed by atoms with Crippen molar-refractivity contribution in [2.24, 2.45) is 0 Å². The van der Waals surface area contributed by atoms with Crippen molar-refractivity contribution >= 4 is 106 Å². The summed E-state index contributed by atoms with van der Waals surface area (Å²) >= 11 is 20.6. The van der Waals surface area contributed by atoms with Gasteiger partial charge in [-0.05, 0) is 121 Å². The first-order valence-electron chi connectivity index (χ1n) is 14.8. The van der Waals surface area contributed by atoms with Crippen LogP contribution >= 0.6 is 106 Å². The fraction of sp³-hybridized carbons (Fsp3) is 0.353.